The topological polar surface area (TPSA) is 100 Å². The van der Waals surface area contributed by atoms with E-state index in [1.165, 1.54) is 11.8 Å². The number of nitrogens with one attached hydrogen (secondary N) is 1. The summed E-state index contributed by atoms with van der Waals surface area (Å²) in [5.41, 5.74) is 1.90. The summed E-state index contributed by atoms with van der Waals surface area (Å²) in [6.07, 6.45) is 1.56. The van der Waals surface area contributed by atoms with Crippen LogP contribution in [0.25, 0.3) is 0 Å². The Morgan fingerprint density at radius 3 is 2.74 bits per heavy atom. The molecule has 3 N–H and O–H groups in total. The molecule has 1 aliphatic heterocycles. The number of allylic oxidation sites excluding steroid dienone is 1. The maximum Gasteiger partial charge on any atom is 0.352 e. The van der Waals surface area contributed by atoms with E-state index in [2.05, 4.69) is 15.4 Å². The first-order valence-electron chi connectivity index (χ1n) is 8.24. The highest BCUT2D eigenvalue weighted by molar-refractivity contribution is 7.98. The number of anilines is 1. The smallest absolute Gasteiger partial charge is 0.352 e. The van der Waals surface area contributed by atoms with E-state index in [0.29, 0.717) is 16.9 Å². The molecule has 1 aromatic heterocycles. The van der Waals surface area contributed by atoms with Crippen molar-refractivity contribution in [2.45, 2.75) is 17.0 Å². The molecule has 136 valence electrons. The van der Waals surface area contributed by atoms with Crippen molar-refractivity contribution < 1.29 is 15.0 Å². The average molecular weight is 380 g/mol. The first kappa shape index (κ1) is 17.2. The Morgan fingerprint density at radius 1 is 1.19 bits per heavy atom. The predicted molar refractivity (Wildman–Crippen MR) is 102 cm³/mol. The maximum atomic E-state index is 11.5. The number of carbonyl (C=O) groups is 1. The number of nitrogens with zero attached hydrogens (tertiary/aromatic N) is 3. The number of rotatable bonds is 5. The number of fused-ring (bicyclic) bond motifs is 1. The van der Waals surface area contributed by atoms with Crippen LogP contribution in [-0.4, -0.2) is 30.9 Å². The Balaban J connectivity index is 1.65. The molecule has 3 aromatic rings. The SMILES string of the molecule is O=C(O)C1=CC(c2cccc(O)c2)n2nc(SCc3ccccc3)nc2N1. The third kappa shape index (κ3) is 3.65. The molecule has 7 nitrogen and oxygen atoms in total. The molecule has 8 heteroatoms. The second-order valence-corrected chi connectivity index (χ2v) is 6.93. The summed E-state index contributed by atoms with van der Waals surface area (Å²) in [5.74, 6) is 0.101. The summed E-state index contributed by atoms with van der Waals surface area (Å²) in [4.78, 5) is 15.9. The number of aromatic hydroxyl groups is 1. The van der Waals surface area contributed by atoms with Gasteiger partial charge in [0.15, 0.2) is 0 Å². The zero-order valence-electron chi connectivity index (χ0n) is 14.1. The van der Waals surface area contributed by atoms with Crippen LogP contribution in [0, 0.1) is 0 Å². The lowest BCUT2D eigenvalue weighted by atomic mass is 10.0. The Hall–Kier alpha value is -3.26. The van der Waals surface area contributed by atoms with Gasteiger partial charge >= 0.3 is 5.97 Å². The van der Waals surface area contributed by atoms with Crippen LogP contribution in [0.4, 0.5) is 5.95 Å². The van der Waals surface area contributed by atoms with Crippen molar-refractivity contribution in [3.63, 3.8) is 0 Å². The second-order valence-electron chi connectivity index (χ2n) is 5.99. The van der Waals surface area contributed by atoms with Gasteiger partial charge in [0.25, 0.3) is 0 Å². The van der Waals surface area contributed by atoms with Gasteiger partial charge in [-0.15, -0.1) is 5.10 Å². The van der Waals surface area contributed by atoms with Crippen LogP contribution in [0.2, 0.25) is 0 Å². The van der Waals surface area contributed by atoms with Crippen LogP contribution in [0.5, 0.6) is 5.75 Å². The van der Waals surface area contributed by atoms with Crippen molar-refractivity contribution in [3.8, 4) is 5.75 Å². The molecule has 0 fully saturated rings. The minimum absolute atomic E-state index is 0.0304. The van der Waals surface area contributed by atoms with E-state index in [4.69, 9.17) is 0 Å². The van der Waals surface area contributed by atoms with E-state index >= 15 is 0 Å². The highest BCUT2D eigenvalue weighted by Crippen LogP contribution is 2.32. The summed E-state index contributed by atoms with van der Waals surface area (Å²) in [6, 6.07) is 16.2. The first-order valence-corrected chi connectivity index (χ1v) is 9.23. The number of carboxylic acid groups (broad SMARTS) is 1. The fourth-order valence-electron chi connectivity index (χ4n) is 2.83. The summed E-state index contributed by atoms with van der Waals surface area (Å²) >= 11 is 1.47. The molecule has 0 saturated carbocycles. The predicted octanol–water partition coefficient (Wildman–Crippen LogP) is 3.26. The minimum Gasteiger partial charge on any atom is -0.508 e. The third-order valence-electron chi connectivity index (χ3n) is 4.10. The van der Waals surface area contributed by atoms with Gasteiger partial charge in [-0.3, -0.25) is 0 Å². The van der Waals surface area contributed by atoms with Crippen LogP contribution in [0.3, 0.4) is 0 Å². The van der Waals surface area contributed by atoms with E-state index in [1.807, 2.05) is 36.4 Å². The third-order valence-corrected chi connectivity index (χ3v) is 5.01. The molecule has 2 heterocycles. The van der Waals surface area contributed by atoms with Gasteiger partial charge in [-0.2, -0.15) is 4.98 Å². The van der Waals surface area contributed by atoms with Crippen LogP contribution >= 0.6 is 11.8 Å². The Labute approximate surface area is 159 Å². The van der Waals surface area contributed by atoms with E-state index in [-0.39, 0.29) is 11.4 Å². The molecule has 0 radical (unpaired) electrons. The lowest BCUT2D eigenvalue weighted by Gasteiger charge is -2.22. The summed E-state index contributed by atoms with van der Waals surface area (Å²) in [5, 5.41) is 27.1. The highest BCUT2D eigenvalue weighted by Gasteiger charge is 2.27. The maximum absolute atomic E-state index is 11.5. The monoisotopic (exact) mass is 380 g/mol. The number of thioether (sulfide) groups is 1. The van der Waals surface area contributed by atoms with Crippen LogP contribution < -0.4 is 5.32 Å². The number of phenolic OH excluding ortho intramolecular Hbond substituents is 1. The molecule has 0 aliphatic carbocycles. The molecule has 1 aliphatic rings. The van der Waals surface area contributed by atoms with Gasteiger partial charge in [0.1, 0.15) is 17.5 Å². The van der Waals surface area contributed by atoms with Gasteiger partial charge in [-0.25, -0.2) is 9.48 Å². The fourth-order valence-corrected chi connectivity index (χ4v) is 3.61. The minimum atomic E-state index is -1.08. The van der Waals surface area contributed by atoms with E-state index in [9.17, 15) is 15.0 Å². The van der Waals surface area contributed by atoms with Crippen LogP contribution in [-0.2, 0) is 10.5 Å². The average Bonchev–Trinajstić information content (AvgIpc) is 3.09. The molecule has 0 amide bonds. The largest absolute Gasteiger partial charge is 0.508 e. The lowest BCUT2D eigenvalue weighted by Crippen LogP contribution is -2.24. The van der Waals surface area contributed by atoms with Crippen molar-refractivity contribution in [2.75, 3.05) is 5.32 Å². The van der Waals surface area contributed by atoms with Crippen molar-refractivity contribution in [1.29, 1.82) is 0 Å². The van der Waals surface area contributed by atoms with Crippen LogP contribution in [0.15, 0.2) is 71.5 Å². The van der Waals surface area contributed by atoms with Crippen LogP contribution in [0.1, 0.15) is 17.2 Å². The molecular weight excluding hydrogens is 364 g/mol. The van der Waals surface area contributed by atoms with Gasteiger partial charge < -0.3 is 15.5 Å². The number of carboxylic acids is 1. The number of aromatic nitrogens is 3. The zero-order chi connectivity index (χ0) is 18.8. The molecule has 0 spiro atoms. The van der Waals surface area contributed by atoms with Gasteiger partial charge in [0.05, 0.1) is 0 Å². The first-order chi connectivity index (χ1) is 13.1. The lowest BCUT2D eigenvalue weighted by molar-refractivity contribution is -0.132. The van der Waals surface area contributed by atoms with Crippen molar-refractivity contribution in [3.05, 3.63) is 77.5 Å². The van der Waals surface area contributed by atoms with E-state index in [1.54, 1.807) is 29.0 Å². The Morgan fingerprint density at radius 2 is 2.00 bits per heavy atom. The summed E-state index contributed by atoms with van der Waals surface area (Å²) < 4.78 is 1.63. The van der Waals surface area contributed by atoms with Gasteiger partial charge in [0.2, 0.25) is 11.1 Å². The molecule has 1 unspecified atom stereocenters. The van der Waals surface area contributed by atoms with Crippen molar-refractivity contribution >= 4 is 23.7 Å². The molecule has 27 heavy (non-hydrogen) atoms. The van der Waals surface area contributed by atoms with Gasteiger partial charge in [-0.1, -0.05) is 54.2 Å². The van der Waals surface area contributed by atoms with E-state index < -0.39 is 12.0 Å². The number of hydrogen-bond donors (Lipinski definition) is 3. The van der Waals surface area contributed by atoms with Crippen molar-refractivity contribution in [1.82, 2.24) is 14.8 Å². The van der Waals surface area contributed by atoms with E-state index in [0.717, 1.165) is 11.1 Å². The molecule has 2 aromatic carbocycles. The highest BCUT2D eigenvalue weighted by atomic mass is 32.2. The van der Waals surface area contributed by atoms with Crippen molar-refractivity contribution in [2.24, 2.45) is 0 Å². The molecule has 0 saturated heterocycles. The zero-order valence-corrected chi connectivity index (χ0v) is 14.9. The quantitative estimate of drug-likeness (QED) is 0.584. The molecular formula is C19H16N4O3S. The summed E-state index contributed by atoms with van der Waals surface area (Å²) in [6.45, 7) is 0. The normalized spacial score (nSPS) is 15.6. The fraction of sp³-hybridized carbons (Fsp3) is 0.105. The van der Waals surface area contributed by atoms with Gasteiger partial charge in [0, 0.05) is 5.75 Å². The van der Waals surface area contributed by atoms with Gasteiger partial charge in [-0.05, 0) is 29.3 Å². The molecule has 4 rings (SSSR count). The Kier molecular flexibility index (Phi) is 4.55. The number of phenols is 1. The standard InChI is InChI=1S/C19H16N4O3S/c24-14-8-4-7-13(9-14)16-10-15(17(25)26)20-18-21-19(22-23(16)18)27-11-12-5-2-1-3-6-12/h1-10,16,24H,11H2,(H,25,26)(H,20,21,22). The summed E-state index contributed by atoms with van der Waals surface area (Å²) in [7, 11) is 0. The Bertz CT molecular complexity index is 1020. The molecule has 1 atom stereocenters. The number of aliphatic carboxylic acids is 1. The second kappa shape index (κ2) is 7.16. The molecule has 0 bridgehead atoms. The number of benzene rings is 2. The number of hydrogen-bond acceptors (Lipinski definition) is 6.